The zero-order valence-corrected chi connectivity index (χ0v) is 19.3. The van der Waals surface area contributed by atoms with Crippen LogP contribution < -0.4 is 0 Å². The molecule has 5 rings (SSSR count). The highest BCUT2D eigenvalue weighted by Crippen LogP contribution is 2.24. The number of hydrogen-bond donors (Lipinski definition) is 0. The van der Waals surface area contributed by atoms with Crippen LogP contribution in [0.5, 0.6) is 0 Å². The van der Waals surface area contributed by atoms with Gasteiger partial charge in [0.1, 0.15) is 5.01 Å². The Morgan fingerprint density at radius 2 is 1.67 bits per heavy atom. The molecule has 2 aromatic carbocycles. The second-order valence-electron chi connectivity index (χ2n) is 8.30. The molecule has 168 valence electrons. The summed E-state index contributed by atoms with van der Waals surface area (Å²) in [6.45, 7) is 4.16. The predicted molar refractivity (Wildman–Crippen MR) is 131 cm³/mol. The van der Waals surface area contributed by atoms with Gasteiger partial charge in [-0.3, -0.25) is 9.69 Å². The summed E-state index contributed by atoms with van der Waals surface area (Å²) in [4.78, 5) is 21.9. The maximum Gasteiger partial charge on any atom is 0.222 e. The van der Waals surface area contributed by atoms with Crippen LogP contribution in [0.4, 0.5) is 0 Å². The second-order valence-corrected chi connectivity index (χ2v) is 9.15. The summed E-state index contributed by atoms with van der Waals surface area (Å²) in [6.07, 6.45) is 5.11. The molecule has 0 saturated carbocycles. The van der Waals surface area contributed by atoms with Gasteiger partial charge in [-0.15, -0.1) is 11.3 Å². The zero-order valence-electron chi connectivity index (χ0n) is 18.5. The summed E-state index contributed by atoms with van der Waals surface area (Å²) in [5.74, 6) is 0.224. The monoisotopic (exact) mass is 457 g/mol. The van der Waals surface area contributed by atoms with E-state index in [4.69, 9.17) is 4.98 Å². The Hall–Kier alpha value is -3.29. The first-order chi connectivity index (χ1) is 16.2. The Bertz CT molecular complexity index is 1180. The first kappa shape index (κ1) is 21.6. The predicted octanol–water partition coefficient (Wildman–Crippen LogP) is 4.27. The molecule has 33 heavy (non-hydrogen) atoms. The van der Waals surface area contributed by atoms with Crippen molar-refractivity contribution in [3.8, 4) is 16.3 Å². The third-order valence-electron chi connectivity index (χ3n) is 5.97. The van der Waals surface area contributed by atoms with Gasteiger partial charge in [-0.2, -0.15) is 5.10 Å². The number of rotatable bonds is 7. The van der Waals surface area contributed by atoms with E-state index < -0.39 is 0 Å². The van der Waals surface area contributed by atoms with E-state index >= 15 is 0 Å². The Balaban J connectivity index is 1.08. The van der Waals surface area contributed by atoms with E-state index in [1.165, 1.54) is 5.56 Å². The number of piperazine rings is 1. The van der Waals surface area contributed by atoms with Gasteiger partial charge in [0.05, 0.1) is 17.6 Å². The molecule has 1 aliphatic rings. The highest BCUT2D eigenvalue weighted by molar-refractivity contribution is 7.13. The van der Waals surface area contributed by atoms with Crippen molar-refractivity contribution >= 4 is 17.2 Å². The number of aromatic nitrogens is 3. The van der Waals surface area contributed by atoms with Gasteiger partial charge in [-0.05, 0) is 24.1 Å². The molecular formula is C26H27N5OS. The number of carbonyl (C=O) groups excluding carboxylic acids is 1. The molecule has 1 aliphatic heterocycles. The molecule has 0 unspecified atom stereocenters. The van der Waals surface area contributed by atoms with Crippen LogP contribution in [0.2, 0.25) is 0 Å². The van der Waals surface area contributed by atoms with E-state index in [1.54, 1.807) is 11.3 Å². The van der Waals surface area contributed by atoms with Crippen molar-refractivity contribution in [3.63, 3.8) is 0 Å². The summed E-state index contributed by atoms with van der Waals surface area (Å²) < 4.78 is 1.86. The number of hydrogen-bond acceptors (Lipinski definition) is 5. The van der Waals surface area contributed by atoms with Crippen LogP contribution in [-0.4, -0.2) is 56.7 Å². The number of benzene rings is 2. The molecule has 4 aromatic rings. The van der Waals surface area contributed by atoms with Gasteiger partial charge >= 0.3 is 0 Å². The molecular weight excluding hydrogens is 430 g/mol. The van der Waals surface area contributed by atoms with Gasteiger partial charge in [-0.25, -0.2) is 9.67 Å². The van der Waals surface area contributed by atoms with Crippen LogP contribution >= 0.6 is 11.3 Å². The Kier molecular flexibility index (Phi) is 6.60. The number of carbonyl (C=O) groups is 1. The normalized spacial score (nSPS) is 14.5. The summed E-state index contributed by atoms with van der Waals surface area (Å²) in [6, 6.07) is 20.3. The molecule has 0 bridgehead atoms. The van der Waals surface area contributed by atoms with Crippen LogP contribution in [0.3, 0.4) is 0 Å². The van der Waals surface area contributed by atoms with E-state index in [0.29, 0.717) is 12.8 Å². The molecule has 1 amide bonds. The Morgan fingerprint density at radius 1 is 0.939 bits per heavy atom. The number of amides is 1. The molecule has 3 heterocycles. The lowest BCUT2D eigenvalue weighted by Crippen LogP contribution is -2.48. The van der Waals surface area contributed by atoms with Gasteiger partial charge < -0.3 is 4.90 Å². The standard InChI is InChI=1S/C26H27N5OS/c32-25(12-11-21-17-27-31(18-21)24-9-5-2-6-10-24)30-15-13-29(14-16-30)19-23-20-33-26(28-23)22-7-3-1-4-8-22/h1-10,17-18,20H,11-16,19H2. The number of aryl methyl sites for hydroxylation is 1. The lowest BCUT2D eigenvalue weighted by molar-refractivity contribution is -0.133. The average Bonchev–Trinajstić information content (AvgIpc) is 3.54. The fourth-order valence-corrected chi connectivity index (χ4v) is 4.91. The van der Waals surface area contributed by atoms with Gasteiger partial charge in [0, 0.05) is 56.3 Å². The molecule has 2 aromatic heterocycles. The summed E-state index contributed by atoms with van der Waals surface area (Å²) in [7, 11) is 0. The Labute approximate surface area is 198 Å². The fraction of sp³-hybridized carbons (Fsp3) is 0.269. The van der Waals surface area contributed by atoms with E-state index in [1.807, 2.05) is 70.5 Å². The van der Waals surface area contributed by atoms with Crippen LogP contribution in [-0.2, 0) is 17.8 Å². The first-order valence-electron chi connectivity index (χ1n) is 11.3. The van der Waals surface area contributed by atoms with Crippen LogP contribution in [0.1, 0.15) is 17.7 Å². The minimum Gasteiger partial charge on any atom is -0.340 e. The first-order valence-corrected chi connectivity index (χ1v) is 12.2. The van der Waals surface area contributed by atoms with Gasteiger partial charge in [0.2, 0.25) is 5.91 Å². The topological polar surface area (TPSA) is 54.3 Å². The summed E-state index contributed by atoms with van der Waals surface area (Å²) in [5.41, 5.74) is 4.39. The third-order valence-corrected chi connectivity index (χ3v) is 6.91. The molecule has 1 saturated heterocycles. The number of para-hydroxylation sites is 1. The van der Waals surface area contributed by atoms with Crippen molar-refractivity contribution in [2.75, 3.05) is 26.2 Å². The van der Waals surface area contributed by atoms with Gasteiger partial charge in [0.15, 0.2) is 0 Å². The van der Waals surface area contributed by atoms with Crippen molar-refractivity contribution in [1.29, 1.82) is 0 Å². The molecule has 0 atom stereocenters. The summed E-state index contributed by atoms with van der Waals surface area (Å²) in [5, 5.41) is 7.64. The zero-order chi connectivity index (χ0) is 22.5. The molecule has 6 nitrogen and oxygen atoms in total. The minimum absolute atomic E-state index is 0.224. The SMILES string of the molecule is O=C(CCc1cnn(-c2ccccc2)c1)N1CCN(Cc2csc(-c3ccccc3)n2)CC1. The van der Waals surface area contributed by atoms with Crippen LogP contribution in [0, 0.1) is 0 Å². The van der Waals surface area contributed by atoms with Gasteiger partial charge in [0.25, 0.3) is 0 Å². The van der Waals surface area contributed by atoms with Crippen molar-refractivity contribution in [2.45, 2.75) is 19.4 Å². The van der Waals surface area contributed by atoms with Crippen molar-refractivity contribution in [3.05, 3.63) is 89.7 Å². The Morgan fingerprint density at radius 3 is 2.42 bits per heavy atom. The van der Waals surface area contributed by atoms with E-state index in [9.17, 15) is 4.79 Å². The molecule has 0 N–H and O–H groups in total. The third kappa shape index (κ3) is 5.38. The number of nitrogens with zero attached hydrogens (tertiary/aromatic N) is 5. The largest absolute Gasteiger partial charge is 0.340 e. The lowest BCUT2D eigenvalue weighted by atomic mass is 10.1. The van der Waals surface area contributed by atoms with E-state index in [0.717, 1.165) is 54.7 Å². The average molecular weight is 458 g/mol. The van der Waals surface area contributed by atoms with E-state index in [2.05, 4.69) is 27.5 Å². The van der Waals surface area contributed by atoms with Crippen LogP contribution in [0.25, 0.3) is 16.3 Å². The lowest BCUT2D eigenvalue weighted by Gasteiger charge is -2.34. The highest BCUT2D eigenvalue weighted by Gasteiger charge is 2.21. The van der Waals surface area contributed by atoms with E-state index in [-0.39, 0.29) is 5.91 Å². The highest BCUT2D eigenvalue weighted by atomic mass is 32.1. The second kappa shape index (κ2) is 10.1. The van der Waals surface area contributed by atoms with Crippen molar-refractivity contribution < 1.29 is 4.79 Å². The quantitative estimate of drug-likeness (QED) is 0.416. The molecule has 1 fully saturated rings. The summed E-state index contributed by atoms with van der Waals surface area (Å²) >= 11 is 1.69. The molecule has 7 heteroatoms. The van der Waals surface area contributed by atoms with Gasteiger partial charge in [-0.1, -0.05) is 48.5 Å². The maximum atomic E-state index is 12.7. The number of thiazole rings is 1. The maximum absolute atomic E-state index is 12.7. The smallest absolute Gasteiger partial charge is 0.222 e. The van der Waals surface area contributed by atoms with Crippen LogP contribution in [0.15, 0.2) is 78.4 Å². The van der Waals surface area contributed by atoms with Crippen molar-refractivity contribution in [1.82, 2.24) is 24.6 Å². The molecule has 0 radical (unpaired) electrons. The molecule has 0 spiro atoms. The molecule has 0 aliphatic carbocycles. The van der Waals surface area contributed by atoms with Crippen molar-refractivity contribution in [2.24, 2.45) is 0 Å². The minimum atomic E-state index is 0.224. The fourth-order valence-electron chi connectivity index (χ4n) is 4.10.